The third-order valence-corrected chi connectivity index (χ3v) is 4.42. The van der Waals surface area contributed by atoms with Gasteiger partial charge in [0.1, 0.15) is 0 Å². The third-order valence-electron chi connectivity index (χ3n) is 4.29. The summed E-state index contributed by atoms with van der Waals surface area (Å²) in [5, 5.41) is 0. The van der Waals surface area contributed by atoms with E-state index in [0.717, 1.165) is 25.9 Å². The van der Waals surface area contributed by atoms with Crippen LogP contribution in [0.15, 0.2) is 48.5 Å². The van der Waals surface area contributed by atoms with Gasteiger partial charge in [-0.2, -0.15) is 0 Å². The Hall–Kier alpha value is -1.51. The van der Waals surface area contributed by atoms with Gasteiger partial charge in [0.25, 0.3) is 0 Å². The molecule has 1 atom stereocenters. The van der Waals surface area contributed by atoms with Crippen LogP contribution < -0.4 is 4.90 Å². The maximum Gasteiger partial charge on any atom is 0.0443 e. The number of para-hydroxylation sites is 2. The van der Waals surface area contributed by atoms with E-state index in [1.165, 1.54) is 22.5 Å². The van der Waals surface area contributed by atoms with Crippen molar-refractivity contribution < 1.29 is 0 Å². The molecule has 2 aromatic carbocycles. The lowest BCUT2D eigenvalue weighted by Crippen LogP contribution is -2.29. The first-order valence-electron chi connectivity index (χ1n) is 7.95. The van der Waals surface area contributed by atoms with E-state index in [2.05, 4.69) is 60.4 Å². The number of fused-ring (bicyclic) bond motifs is 2. The molecule has 0 amide bonds. The molecule has 3 heteroatoms. The molecule has 0 aromatic heterocycles. The van der Waals surface area contributed by atoms with E-state index < -0.39 is 0 Å². The molecule has 0 N–H and O–H groups in total. The van der Waals surface area contributed by atoms with Crippen molar-refractivity contribution in [2.24, 2.45) is 5.92 Å². The van der Waals surface area contributed by atoms with Crippen molar-refractivity contribution in [3.05, 3.63) is 59.7 Å². The molecule has 0 bridgehead atoms. The molecule has 0 saturated heterocycles. The Labute approximate surface area is 138 Å². The molecule has 0 aliphatic carbocycles. The second-order valence-electron chi connectivity index (χ2n) is 6.26. The fraction of sp³-hybridized carbons (Fsp3) is 0.368. The van der Waals surface area contributed by atoms with Crippen molar-refractivity contribution >= 4 is 23.2 Å². The summed E-state index contributed by atoms with van der Waals surface area (Å²) in [5.41, 5.74) is 5.56. The van der Waals surface area contributed by atoms with Gasteiger partial charge in [0.05, 0.1) is 0 Å². The van der Waals surface area contributed by atoms with E-state index in [1.54, 1.807) is 4.42 Å². The molecule has 2 nitrogen and oxygen atoms in total. The van der Waals surface area contributed by atoms with Crippen LogP contribution in [0.2, 0.25) is 0 Å². The summed E-state index contributed by atoms with van der Waals surface area (Å²) < 4.78 is 1.75. The Morgan fingerprint density at radius 3 is 2.00 bits per heavy atom. The van der Waals surface area contributed by atoms with Crippen LogP contribution in [0.25, 0.3) is 0 Å². The Morgan fingerprint density at radius 1 is 1.00 bits per heavy atom. The average Bonchev–Trinajstić information content (AvgIpc) is 2.65. The van der Waals surface area contributed by atoms with Crippen LogP contribution in [0.1, 0.15) is 18.1 Å². The summed E-state index contributed by atoms with van der Waals surface area (Å²) >= 11 is 6.04. The van der Waals surface area contributed by atoms with E-state index in [4.69, 9.17) is 11.8 Å². The largest absolute Gasteiger partial charge is 0.341 e. The molecule has 22 heavy (non-hydrogen) atoms. The summed E-state index contributed by atoms with van der Waals surface area (Å²) in [5.74, 6) is 0.488. The summed E-state index contributed by atoms with van der Waals surface area (Å²) in [6.07, 6.45) is 2.21. The number of halogens is 1. The summed E-state index contributed by atoms with van der Waals surface area (Å²) in [6.45, 7) is 4.11. The maximum absolute atomic E-state index is 6.04. The lowest BCUT2D eigenvalue weighted by Gasteiger charge is -2.30. The topological polar surface area (TPSA) is 6.48 Å². The zero-order valence-corrected chi connectivity index (χ0v) is 14.1. The van der Waals surface area contributed by atoms with Crippen molar-refractivity contribution in [1.82, 2.24) is 4.42 Å². The molecule has 0 fully saturated rings. The van der Waals surface area contributed by atoms with Gasteiger partial charge in [0.2, 0.25) is 0 Å². The molecule has 1 aliphatic rings. The quantitative estimate of drug-likeness (QED) is 0.758. The number of benzene rings is 2. The average molecular weight is 315 g/mol. The minimum absolute atomic E-state index is 0.488. The number of nitrogens with zero attached hydrogens (tertiary/aromatic N) is 2. The van der Waals surface area contributed by atoms with Gasteiger partial charge in [-0.15, -0.1) is 0 Å². The lowest BCUT2D eigenvalue weighted by molar-refractivity contribution is 0.433. The SMILES string of the molecule is CC(CN(C)Cl)CN1c2ccccc2CCc2ccccc21. The number of anilines is 2. The Bertz CT molecular complexity index is 591. The first-order valence-corrected chi connectivity index (χ1v) is 8.29. The Morgan fingerprint density at radius 2 is 1.50 bits per heavy atom. The normalized spacial score (nSPS) is 15.2. The van der Waals surface area contributed by atoms with Crippen LogP contribution in [0.5, 0.6) is 0 Å². The maximum atomic E-state index is 6.04. The highest BCUT2D eigenvalue weighted by atomic mass is 35.5. The van der Waals surface area contributed by atoms with Crippen LogP contribution in [-0.2, 0) is 12.8 Å². The summed E-state index contributed by atoms with van der Waals surface area (Å²) in [7, 11) is 1.92. The number of hydrogen-bond donors (Lipinski definition) is 0. The molecule has 0 saturated carbocycles. The molecular formula is C19H23ClN2. The second kappa shape index (κ2) is 6.72. The van der Waals surface area contributed by atoms with Crippen molar-refractivity contribution in [2.45, 2.75) is 19.8 Å². The monoisotopic (exact) mass is 314 g/mol. The van der Waals surface area contributed by atoms with E-state index in [9.17, 15) is 0 Å². The lowest BCUT2D eigenvalue weighted by atomic mass is 10.0. The molecular weight excluding hydrogens is 292 g/mol. The smallest absolute Gasteiger partial charge is 0.0443 e. The van der Waals surface area contributed by atoms with Crippen LogP contribution in [0.4, 0.5) is 11.4 Å². The molecule has 0 radical (unpaired) electrons. The molecule has 116 valence electrons. The minimum atomic E-state index is 0.488. The number of rotatable bonds is 4. The highest BCUT2D eigenvalue weighted by Crippen LogP contribution is 2.36. The molecule has 1 unspecified atom stereocenters. The molecule has 1 heterocycles. The first kappa shape index (κ1) is 15.4. The standard InChI is InChI=1S/C19H23ClN2/c1-15(13-21(2)20)14-22-18-9-5-3-7-16(18)11-12-17-8-4-6-10-19(17)22/h3-10,15H,11-14H2,1-2H3. The van der Waals surface area contributed by atoms with E-state index in [0.29, 0.717) is 5.92 Å². The highest BCUT2D eigenvalue weighted by Gasteiger charge is 2.21. The third kappa shape index (κ3) is 3.29. The first-order chi connectivity index (χ1) is 10.6. The number of aryl methyl sites for hydroxylation is 2. The van der Waals surface area contributed by atoms with E-state index in [-0.39, 0.29) is 0 Å². The highest BCUT2D eigenvalue weighted by molar-refractivity contribution is 6.13. The van der Waals surface area contributed by atoms with E-state index >= 15 is 0 Å². The zero-order valence-electron chi connectivity index (χ0n) is 13.3. The molecule has 2 aromatic rings. The summed E-state index contributed by atoms with van der Waals surface area (Å²) in [4.78, 5) is 2.47. The van der Waals surface area contributed by atoms with Crippen LogP contribution in [-0.4, -0.2) is 24.6 Å². The van der Waals surface area contributed by atoms with Gasteiger partial charge in [-0.25, -0.2) is 4.42 Å². The molecule has 0 spiro atoms. The van der Waals surface area contributed by atoms with Crippen molar-refractivity contribution in [1.29, 1.82) is 0 Å². The zero-order chi connectivity index (χ0) is 15.5. The van der Waals surface area contributed by atoms with Crippen molar-refractivity contribution in [3.63, 3.8) is 0 Å². The van der Waals surface area contributed by atoms with Gasteiger partial charge in [0.15, 0.2) is 0 Å². The van der Waals surface area contributed by atoms with Gasteiger partial charge in [0, 0.05) is 31.5 Å². The minimum Gasteiger partial charge on any atom is -0.341 e. The van der Waals surface area contributed by atoms with E-state index in [1.807, 2.05) is 7.05 Å². The summed E-state index contributed by atoms with van der Waals surface area (Å²) in [6, 6.07) is 17.6. The molecule has 3 rings (SSSR count). The second-order valence-corrected chi connectivity index (χ2v) is 6.84. The van der Waals surface area contributed by atoms with Gasteiger partial charge in [-0.3, -0.25) is 0 Å². The molecule has 1 aliphatic heterocycles. The Kier molecular flexibility index (Phi) is 4.70. The van der Waals surface area contributed by atoms with Gasteiger partial charge in [-0.05, 0) is 53.8 Å². The fourth-order valence-electron chi connectivity index (χ4n) is 3.37. The van der Waals surface area contributed by atoms with Gasteiger partial charge in [-0.1, -0.05) is 43.3 Å². The fourth-order valence-corrected chi connectivity index (χ4v) is 3.60. The van der Waals surface area contributed by atoms with Gasteiger partial charge >= 0.3 is 0 Å². The van der Waals surface area contributed by atoms with Crippen LogP contribution in [0.3, 0.4) is 0 Å². The van der Waals surface area contributed by atoms with Crippen LogP contribution in [0, 0.1) is 5.92 Å². The van der Waals surface area contributed by atoms with Crippen molar-refractivity contribution in [2.75, 3.05) is 25.0 Å². The van der Waals surface area contributed by atoms with Crippen LogP contribution >= 0.6 is 11.8 Å². The van der Waals surface area contributed by atoms with Crippen molar-refractivity contribution in [3.8, 4) is 0 Å². The predicted molar refractivity (Wildman–Crippen MR) is 94.9 cm³/mol. The Balaban J connectivity index is 1.99. The van der Waals surface area contributed by atoms with Gasteiger partial charge < -0.3 is 4.90 Å². The number of hydrogen-bond acceptors (Lipinski definition) is 2. The predicted octanol–water partition coefficient (Wildman–Crippen LogP) is 4.65.